The molecule has 0 saturated carbocycles. The molecule has 224 valence electrons. The molecule has 0 aliphatic heterocycles. The maximum atomic E-state index is 12.1. The minimum Gasteiger partial charge on any atom is -0.428 e. The van der Waals surface area contributed by atoms with Gasteiger partial charge >= 0.3 is 24.8 Å². The van der Waals surface area contributed by atoms with Crippen LogP contribution in [0, 0.1) is 34.6 Å². The van der Waals surface area contributed by atoms with Crippen molar-refractivity contribution in [1.29, 1.82) is 15.8 Å². The fourth-order valence-corrected chi connectivity index (χ4v) is 3.13. The van der Waals surface area contributed by atoms with E-state index in [1.165, 1.54) is 0 Å². The molecule has 0 radical (unpaired) electrons. The highest BCUT2D eigenvalue weighted by Crippen LogP contribution is 2.04. The molecular weight excluding hydrogens is 528 g/mol. The molecule has 3 N–H and O–H groups in total. The van der Waals surface area contributed by atoms with E-state index in [1.54, 1.807) is 18.8 Å². The van der Waals surface area contributed by atoms with Gasteiger partial charge in [-0.25, -0.2) is 14.4 Å². The van der Waals surface area contributed by atoms with Gasteiger partial charge in [-0.1, -0.05) is 19.3 Å². The van der Waals surface area contributed by atoms with E-state index in [0.29, 0.717) is 39.1 Å². The number of hydrogen-bond acceptors (Lipinski definition) is 12. The van der Waals surface area contributed by atoms with Gasteiger partial charge in [0.15, 0.2) is 0 Å². The molecule has 0 aliphatic rings. The lowest BCUT2D eigenvalue weighted by Gasteiger charge is -2.18. The zero-order valence-electron chi connectivity index (χ0n) is 22.8. The Bertz CT molecular complexity index is 705. The van der Waals surface area contributed by atoms with Crippen LogP contribution >= 0.6 is 0 Å². The molecule has 0 unspecified atom stereocenters. The van der Waals surface area contributed by atoms with Crippen LogP contribution in [0.2, 0.25) is 0 Å². The summed E-state index contributed by atoms with van der Waals surface area (Å²) in [5.41, 5.74) is 0. The van der Waals surface area contributed by atoms with Crippen molar-refractivity contribution in [2.24, 2.45) is 0 Å². The van der Waals surface area contributed by atoms with E-state index in [2.05, 4.69) is 30.2 Å². The van der Waals surface area contributed by atoms with Crippen molar-refractivity contribution >= 4 is 18.3 Å². The van der Waals surface area contributed by atoms with Crippen LogP contribution in [-0.2, 0) is 28.4 Å². The number of hydrogen-bond donors (Lipinski definition) is 3. The number of alkyl carbamates (subject to hydrolysis) is 3. The lowest BCUT2D eigenvalue weighted by molar-refractivity contribution is -0.197. The Morgan fingerprint density at radius 1 is 0.475 bits per heavy atom. The highest BCUT2D eigenvalue weighted by Gasteiger charge is 2.23. The second kappa shape index (κ2) is 27.7. The fraction of sp³-hybridized carbons (Fsp3) is 0.760. The minimum atomic E-state index is -1.91. The zero-order chi connectivity index (χ0) is 29.5. The Morgan fingerprint density at radius 2 is 0.750 bits per heavy atom. The van der Waals surface area contributed by atoms with Gasteiger partial charge in [0.1, 0.15) is 19.8 Å². The topological polar surface area (TPSA) is 214 Å². The van der Waals surface area contributed by atoms with Crippen molar-refractivity contribution in [1.82, 2.24) is 16.0 Å². The number of ether oxygens (including phenoxy) is 6. The summed E-state index contributed by atoms with van der Waals surface area (Å²) in [4.78, 5) is 36.4. The third kappa shape index (κ3) is 25.3. The molecule has 0 aromatic rings. The quantitative estimate of drug-likeness (QED) is 0.0864. The number of amides is 3. The molecule has 0 bridgehead atoms. The van der Waals surface area contributed by atoms with E-state index in [9.17, 15) is 14.4 Å². The average molecular weight is 569 g/mol. The number of carbonyl (C=O) groups is 3. The Hall–Kier alpha value is -4.32. The molecule has 0 saturated heterocycles. The number of nitrogens with one attached hydrogen (secondary N) is 3. The van der Waals surface area contributed by atoms with Crippen LogP contribution in [0.3, 0.4) is 0 Å². The highest BCUT2D eigenvalue weighted by molar-refractivity contribution is 5.71. The Balaban J connectivity index is 4.42. The van der Waals surface area contributed by atoms with E-state index >= 15 is 0 Å². The molecule has 0 aromatic carbocycles. The van der Waals surface area contributed by atoms with E-state index in [0.717, 1.165) is 57.8 Å². The molecule has 0 heterocycles. The maximum Gasteiger partial charge on any atom is 0.416 e. The Morgan fingerprint density at radius 3 is 1.02 bits per heavy atom. The fourth-order valence-electron chi connectivity index (χ4n) is 3.13. The summed E-state index contributed by atoms with van der Waals surface area (Å²) < 4.78 is 28.7. The summed E-state index contributed by atoms with van der Waals surface area (Å²) in [7, 11) is 0. The van der Waals surface area contributed by atoms with E-state index in [-0.39, 0.29) is 19.6 Å². The van der Waals surface area contributed by atoms with Crippen molar-refractivity contribution in [3.63, 3.8) is 0 Å². The molecule has 0 spiro atoms. The van der Waals surface area contributed by atoms with Gasteiger partial charge in [-0.05, 0) is 57.8 Å². The highest BCUT2D eigenvalue weighted by atomic mass is 16.9. The van der Waals surface area contributed by atoms with Crippen molar-refractivity contribution in [3.8, 4) is 18.8 Å². The van der Waals surface area contributed by atoms with Crippen LogP contribution in [0.1, 0.15) is 77.0 Å². The molecule has 0 atom stereocenters. The molecular formula is C25H40N6O9. The second-order valence-electron chi connectivity index (χ2n) is 8.35. The van der Waals surface area contributed by atoms with Gasteiger partial charge in [0.2, 0.25) is 0 Å². The van der Waals surface area contributed by atoms with Crippen LogP contribution in [0.25, 0.3) is 0 Å². The number of rotatable bonds is 24. The van der Waals surface area contributed by atoms with Gasteiger partial charge in [0.25, 0.3) is 18.8 Å². The predicted molar refractivity (Wildman–Crippen MR) is 137 cm³/mol. The standard InChI is InChI=1S/C25H40N6O9/c26-19-35-16-10-4-1-7-13-29-22(32)38-25(39-23(33)30-14-8-2-5-11-17-36-20-27)40-24(34)31-15-9-3-6-12-18-37-21-28/h25H,1-18H2,(H,29,32)(H,30,33)(H,31,34). The number of nitriles is 3. The van der Waals surface area contributed by atoms with Gasteiger partial charge in [0, 0.05) is 19.6 Å². The summed E-state index contributed by atoms with van der Waals surface area (Å²) >= 11 is 0. The maximum absolute atomic E-state index is 12.1. The molecule has 0 fully saturated rings. The summed E-state index contributed by atoms with van der Waals surface area (Å²) in [5, 5.41) is 32.4. The SMILES string of the molecule is N#COCCCCCCNC(=O)OC(OC(=O)NCCCCCCOC#N)OC(=O)NCCCCCCOC#N. The molecule has 15 heteroatoms. The van der Waals surface area contributed by atoms with Gasteiger partial charge in [-0.3, -0.25) is 0 Å². The lowest BCUT2D eigenvalue weighted by Crippen LogP contribution is -2.40. The first-order valence-corrected chi connectivity index (χ1v) is 13.4. The number of carbonyl (C=O) groups excluding carboxylic acids is 3. The van der Waals surface area contributed by atoms with Gasteiger partial charge < -0.3 is 44.4 Å². The number of nitrogens with zero attached hydrogens (tertiary/aromatic N) is 3. The van der Waals surface area contributed by atoms with Crippen LogP contribution in [0.4, 0.5) is 14.4 Å². The normalized spacial score (nSPS) is 9.75. The largest absolute Gasteiger partial charge is 0.428 e. The third-order valence-corrected chi connectivity index (χ3v) is 5.13. The molecule has 0 aromatic heterocycles. The van der Waals surface area contributed by atoms with Crippen LogP contribution < -0.4 is 16.0 Å². The first kappa shape index (κ1) is 35.7. The Kier molecular flexibility index (Phi) is 24.7. The number of unbranched alkanes of at least 4 members (excludes halogenated alkanes) is 9. The van der Waals surface area contributed by atoms with Crippen LogP contribution in [-0.4, -0.2) is 64.2 Å². The predicted octanol–water partition coefficient (Wildman–Crippen LogP) is 3.62. The monoisotopic (exact) mass is 568 g/mol. The molecule has 40 heavy (non-hydrogen) atoms. The second-order valence-corrected chi connectivity index (χ2v) is 8.35. The van der Waals surface area contributed by atoms with Crippen LogP contribution in [0.5, 0.6) is 0 Å². The zero-order valence-corrected chi connectivity index (χ0v) is 22.8. The lowest BCUT2D eigenvalue weighted by atomic mass is 10.2. The van der Waals surface area contributed by atoms with Gasteiger partial charge in [-0.2, -0.15) is 15.8 Å². The summed E-state index contributed by atoms with van der Waals surface area (Å²) in [5.74, 6) is 0. The summed E-state index contributed by atoms with van der Waals surface area (Å²) in [6.45, 7) is -0.0243. The van der Waals surface area contributed by atoms with Crippen molar-refractivity contribution in [3.05, 3.63) is 0 Å². The van der Waals surface area contributed by atoms with E-state index in [1.807, 2.05) is 0 Å². The molecule has 3 amide bonds. The van der Waals surface area contributed by atoms with Gasteiger partial charge in [0.05, 0.1) is 0 Å². The Labute approximate surface area is 234 Å². The molecule has 15 nitrogen and oxygen atoms in total. The van der Waals surface area contributed by atoms with E-state index in [4.69, 9.17) is 30.0 Å². The summed E-state index contributed by atoms with van der Waals surface area (Å²) in [6, 6.07) is 0. The minimum absolute atomic E-state index is 0.280. The van der Waals surface area contributed by atoms with E-state index < -0.39 is 24.8 Å². The van der Waals surface area contributed by atoms with Crippen molar-refractivity contribution < 1.29 is 42.8 Å². The van der Waals surface area contributed by atoms with Crippen molar-refractivity contribution in [2.45, 2.75) is 83.5 Å². The molecule has 0 aliphatic carbocycles. The average Bonchev–Trinajstić information content (AvgIpc) is 2.93. The first-order chi connectivity index (χ1) is 19.5. The smallest absolute Gasteiger partial charge is 0.416 e. The summed E-state index contributed by atoms with van der Waals surface area (Å²) in [6.07, 6.45) is 10.9. The van der Waals surface area contributed by atoms with Crippen molar-refractivity contribution in [2.75, 3.05) is 39.5 Å². The third-order valence-electron chi connectivity index (χ3n) is 5.13. The molecule has 0 rings (SSSR count). The first-order valence-electron chi connectivity index (χ1n) is 13.4. The van der Waals surface area contributed by atoms with Crippen LogP contribution in [0.15, 0.2) is 0 Å². The van der Waals surface area contributed by atoms with Gasteiger partial charge in [-0.15, -0.1) is 0 Å².